The van der Waals surface area contributed by atoms with Gasteiger partial charge >= 0.3 is 0 Å². The van der Waals surface area contributed by atoms with Crippen molar-refractivity contribution in [1.29, 1.82) is 0 Å². The van der Waals surface area contributed by atoms with E-state index in [2.05, 4.69) is 5.73 Å². The van der Waals surface area contributed by atoms with Crippen LogP contribution in [0.15, 0.2) is 0 Å². The van der Waals surface area contributed by atoms with E-state index in [1.807, 2.05) is 0 Å². The first kappa shape index (κ1) is 64.0. The van der Waals surface area contributed by atoms with Crippen LogP contribution in [-0.2, 0) is 9.59 Å². The van der Waals surface area contributed by atoms with Gasteiger partial charge in [0.1, 0.15) is 12.6 Å². The van der Waals surface area contributed by atoms with E-state index in [-0.39, 0.29) is 57.1 Å². The zero-order chi connectivity index (χ0) is 7.70. The molecule has 0 fully saturated rings. The minimum absolute atomic E-state index is 0. The van der Waals surface area contributed by atoms with Gasteiger partial charge in [0, 0.05) is 6.54 Å². The average molecular weight is 228 g/mol. The third-order valence-electron chi connectivity index (χ3n) is 0.311. The highest BCUT2D eigenvalue weighted by atomic mass is 16.1. The Morgan fingerprint density at radius 3 is 1.13 bits per heavy atom. The number of carbonyl (C=O) groups is 2. The van der Waals surface area contributed by atoms with E-state index >= 15 is 0 Å². The summed E-state index contributed by atoms with van der Waals surface area (Å²) in [5, 5.41) is 0. The molecule has 1 atom stereocenters. The third kappa shape index (κ3) is 329. The van der Waals surface area contributed by atoms with Crippen LogP contribution in [0.25, 0.3) is 0 Å². The Kier molecular flexibility index (Phi) is 307. The molecule has 0 aromatic rings. The molecule has 0 heterocycles. The van der Waals surface area contributed by atoms with E-state index in [0.717, 1.165) is 0 Å². The second-order valence-corrected chi connectivity index (χ2v) is 1.40. The van der Waals surface area contributed by atoms with Gasteiger partial charge in [-0.15, -0.1) is 0 Å². The zero-order valence-corrected chi connectivity index (χ0v) is 5.41. The van der Waals surface area contributed by atoms with Gasteiger partial charge in [-0.05, 0) is 6.92 Å². The molecule has 0 rings (SSSR count). The molecule has 0 aromatic carbocycles. The molecule has 0 aromatic heterocycles. The Morgan fingerprint density at radius 2 is 1.13 bits per heavy atom. The monoisotopic (exact) mass is 228 g/mol. The van der Waals surface area contributed by atoms with E-state index in [1.54, 1.807) is 6.92 Å². The highest BCUT2D eigenvalue weighted by Crippen LogP contribution is 1.55. The van der Waals surface area contributed by atoms with Crippen molar-refractivity contribution in [2.24, 2.45) is 11.5 Å². The van der Waals surface area contributed by atoms with E-state index < -0.39 is 0 Å². The highest BCUT2D eigenvalue weighted by molar-refractivity contribution is 5.55. The number of hydrogen-bond donors (Lipinski definition) is 2. The maximum atomic E-state index is 9.38. The molecule has 0 saturated carbocycles. The van der Waals surface area contributed by atoms with Crippen molar-refractivity contribution in [3.63, 3.8) is 0 Å². The molecule has 0 aliphatic rings. The van der Waals surface area contributed by atoms with Crippen molar-refractivity contribution >= 4 is 12.6 Å². The smallest absolute Gasteiger partial charge is 0.136 e. The summed E-state index contributed by atoms with van der Waals surface area (Å²) in [5.41, 5.74) is 9.58. The highest BCUT2D eigenvalue weighted by Gasteiger charge is 1.79. The molecule has 4 nitrogen and oxygen atoms in total. The molecule has 0 radical (unpaired) electrons. The summed E-state index contributed by atoms with van der Waals surface area (Å²) in [4.78, 5) is 18.4. The van der Waals surface area contributed by atoms with Crippen molar-refractivity contribution in [1.82, 2.24) is 0 Å². The Labute approximate surface area is 98.4 Å². The van der Waals surface area contributed by atoms with Crippen LogP contribution in [0.5, 0.6) is 0 Å². The summed E-state index contributed by atoms with van der Waals surface area (Å²) >= 11 is 0. The van der Waals surface area contributed by atoms with Crippen molar-refractivity contribution in [3.05, 3.63) is 0 Å². The van der Waals surface area contributed by atoms with Crippen LogP contribution >= 0.6 is 0 Å². The zero-order valence-electron chi connectivity index (χ0n) is 5.41. The SMILES string of the molecule is C.C.C.C.C.C.C[C@@H](N)C=O.NCC=O. The first-order valence-electron chi connectivity index (χ1n) is 2.53. The first-order valence-corrected chi connectivity index (χ1v) is 2.53. The molecule has 0 spiro atoms. The molecule has 15 heavy (non-hydrogen) atoms. The summed E-state index contributed by atoms with van der Waals surface area (Å²) in [6.07, 6.45) is 1.35. The average Bonchev–Trinajstić information content (AvgIpc) is 1.89. The molecule has 0 aliphatic carbocycles. The number of nitrogens with two attached hydrogens (primary N) is 2. The number of aldehydes is 2. The fourth-order valence-electron chi connectivity index (χ4n) is 0. The van der Waals surface area contributed by atoms with Crippen LogP contribution in [0.3, 0.4) is 0 Å². The fraction of sp³-hybridized carbons (Fsp3) is 0.818. The van der Waals surface area contributed by atoms with Crippen LogP contribution < -0.4 is 11.5 Å². The quantitative estimate of drug-likeness (QED) is 0.711. The van der Waals surface area contributed by atoms with Crippen LogP contribution in [0.2, 0.25) is 0 Å². The number of carbonyl (C=O) groups excluding carboxylic acids is 2. The second kappa shape index (κ2) is 72.0. The van der Waals surface area contributed by atoms with E-state index in [9.17, 15) is 4.79 Å². The van der Waals surface area contributed by atoms with E-state index in [4.69, 9.17) is 10.5 Å². The summed E-state index contributed by atoms with van der Waals surface area (Å²) in [5.74, 6) is 0. The summed E-state index contributed by atoms with van der Waals surface area (Å²) in [6, 6.07) is -0.296. The molecule has 4 N–H and O–H groups in total. The molecule has 0 unspecified atom stereocenters. The summed E-state index contributed by atoms with van der Waals surface area (Å²) < 4.78 is 0. The molecule has 0 aliphatic heterocycles. The topological polar surface area (TPSA) is 86.2 Å². The third-order valence-corrected chi connectivity index (χ3v) is 0.311. The molecular formula is C11H36N2O2. The minimum atomic E-state index is -0.296. The summed E-state index contributed by atoms with van der Waals surface area (Å²) in [6.45, 7) is 1.77. The maximum absolute atomic E-state index is 9.38. The maximum Gasteiger partial charge on any atom is 0.136 e. The van der Waals surface area contributed by atoms with Crippen molar-refractivity contribution in [2.75, 3.05) is 6.54 Å². The van der Waals surface area contributed by atoms with Gasteiger partial charge < -0.3 is 21.1 Å². The van der Waals surface area contributed by atoms with Gasteiger partial charge in [-0.25, -0.2) is 0 Å². The van der Waals surface area contributed by atoms with Crippen molar-refractivity contribution in [2.45, 2.75) is 57.5 Å². The number of hydrogen-bond acceptors (Lipinski definition) is 4. The Balaban J connectivity index is -0.00000000785. The van der Waals surface area contributed by atoms with Crippen LogP contribution in [0, 0.1) is 0 Å². The lowest BCUT2D eigenvalue weighted by atomic mass is 10.4. The molecule has 4 heteroatoms. The van der Waals surface area contributed by atoms with Crippen LogP contribution in [0.4, 0.5) is 0 Å². The second-order valence-electron chi connectivity index (χ2n) is 1.40. The van der Waals surface area contributed by atoms with Gasteiger partial charge in [-0.1, -0.05) is 44.6 Å². The van der Waals surface area contributed by atoms with E-state index in [0.29, 0.717) is 12.6 Å². The lowest BCUT2D eigenvalue weighted by Crippen LogP contribution is -2.15. The first-order chi connectivity index (χ1) is 4.18. The normalized spacial score (nSPS) is 6.33. The fourth-order valence-corrected chi connectivity index (χ4v) is 0. The molecule has 0 saturated heterocycles. The lowest BCUT2D eigenvalue weighted by Gasteiger charge is -1.80. The van der Waals surface area contributed by atoms with Gasteiger partial charge in [-0.2, -0.15) is 0 Å². The largest absolute Gasteiger partial charge is 0.324 e. The van der Waals surface area contributed by atoms with E-state index in [1.165, 1.54) is 0 Å². The van der Waals surface area contributed by atoms with Crippen LogP contribution in [-0.4, -0.2) is 25.2 Å². The molecule has 0 amide bonds. The van der Waals surface area contributed by atoms with Crippen molar-refractivity contribution in [3.8, 4) is 0 Å². The van der Waals surface area contributed by atoms with Crippen molar-refractivity contribution < 1.29 is 9.59 Å². The predicted octanol–water partition coefficient (Wildman–Crippen LogP) is 2.49. The van der Waals surface area contributed by atoms with Gasteiger partial charge in [-0.3, -0.25) is 0 Å². The van der Waals surface area contributed by atoms with Gasteiger partial charge in [0.2, 0.25) is 0 Å². The number of rotatable bonds is 2. The Morgan fingerprint density at radius 1 is 1.00 bits per heavy atom. The Bertz CT molecular complexity index is 77.0. The van der Waals surface area contributed by atoms with Gasteiger partial charge in [0.15, 0.2) is 0 Å². The standard InChI is InChI=1S/C3H7NO.C2H5NO.6CH4/c1-3(4)2-5;3-1-2-4;;;;;;/h2-3H,4H2,1H3;2H,1,3H2;6*1H4/t3-;;;;;;;/m1......./s1. The van der Waals surface area contributed by atoms with Crippen LogP contribution in [0.1, 0.15) is 51.5 Å². The predicted molar refractivity (Wildman–Crippen MR) is 75.2 cm³/mol. The summed E-state index contributed by atoms with van der Waals surface area (Å²) in [7, 11) is 0. The minimum Gasteiger partial charge on any atom is -0.324 e. The van der Waals surface area contributed by atoms with Gasteiger partial charge in [0.25, 0.3) is 0 Å². The lowest BCUT2D eigenvalue weighted by molar-refractivity contribution is -0.108. The molecular weight excluding hydrogens is 192 g/mol. The van der Waals surface area contributed by atoms with Gasteiger partial charge in [0.05, 0.1) is 6.04 Å². The molecule has 102 valence electrons. The molecule has 0 bridgehead atoms. The Hall–Kier alpha value is -0.740.